The molecule has 1 aliphatic rings. The lowest BCUT2D eigenvalue weighted by atomic mass is 9.93. The molecule has 0 aliphatic carbocycles. The predicted molar refractivity (Wildman–Crippen MR) is 73.0 cm³/mol. The number of aliphatic hydroxyl groups excluding tert-OH is 1. The molecular formula is C15H18F3NO3. The van der Waals surface area contributed by atoms with Gasteiger partial charge in [0.2, 0.25) is 0 Å². The summed E-state index contributed by atoms with van der Waals surface area (Å²) in [5.74, 6) is -0.345. The first-order chi connectivity index (χ1) is 10.4. The average molecular weight is 317 g/mol. The molecule has 1 N–H and O–H groups in total. The number of ether oxygens (including phenoxy) is 1. The number of hydrogen-bond donors (Lipinski definition) is 1. The summed E-state index contributed by atoms with van der Waals surface area (Å²) in [7, 11) is 0. The maximum Gasteiger partial charge on any atom is 0.410 e. The minimum Gasteiger partial charge on any atom is -0.445 e. The lowest BCUT2D eigenvalue weighted by Gasteiger charge is -2.39. The number of aliphatic hydroxyl groups is 1. The maximum atomic E-state index is 13.0. The number of nitrogens with zero attached hydrogens (tertiary/aromatic N) is 1. The van der Waals surface area contributed by atoms with Gasteiger partial charge < -0.3 is 9.84 Å². The Morgan fingerprint density at radius 2 is 1.95 bits per heavy atom. The first kappa shape index (κ1) is 16.6. The zero-order valence-corrected chi connectivity index (χ0v) is 11.9. The fourth-order valence-electron chi connectivity index (χ4n) is 2.54. The van der Waals surface area contributed by atoms with Crippen molar-refractivity contribution in [2.75, 3.05) is 13.2 Å². The van der Waals surface area contributed by atoms with Crippen molar-refractivity contribution in [1.29, 1.82) is 0 Å². The fraction of sp³-hybridized carbons (Fsp3) is 0.533. The second-order valence-corrected chi connectivity index (χ2v) is 5.38. The molecule has 4 nitrogen and oxygen atoms in total. The van der Waals surface area contributed by atoms with Gasteiger partial charge in [-0.25, -0.2) is 4.79 Å². The number of halogens is 3. The molecule has 0 unspecified atom stereocenters. The second kappa shape index (κ2) is 7.00. The Kier molecular flexibility index (Phi) is 5.28. The molecule has 1 amide bonds. The van der Waals surface area contributed by atoms with Crippen LogP contribution >= 0.6 is 0 Å². The van der Waals surface area contributed by atoms with Crippen molar-refractivity contribution in [3.63, 3.8) is 0 Å². The number of amides is 1. The Balaban J connectivity index is 2.02. The fourth-order valence-corrected chi connectivity index (χ4v) is 2.54. The van der Waals surface area contributed by atoms with Gasteiger partial charge in [0, 0.05) is 13.2 Å². The van der Waals surface area contributed by atoms with E-state index in [4.69, 9.17) is 9.84 Å². The summed E-state index contributed by atoms with van der Waals surface area (Å²) < 4.78 is 44.1. The van der Waals surface area contributed by atoms with Crippen LogP contribution in [0.25, 0.3) is 0 Å². The average Bonchev–Trinajstić information content (AvgIpc) is 2.52. The molecule has 1 saturated heterocycles. The van der Waals surface area contributed by atoms with Crippen LogP contribution in [0.3, 0.4) is 0 Å². The van der Waals surface area contributed by atoms with Gasteiger partial charge >= 0.3 is 12.3 Å². The highest BCUT2D eigenvalue weighted by Gasteiger charge is 2.48. The van der Waals surface area contributed by atoms with Gasteiger partial charge in [0.05, 0.1) is 0 Å². The van der Waals surface area contributed by atoms with E-state index in [0.29, 0.717) is 10.5 Å². The van der Waals surface area contributed by atoms with Crippen LogP contribution < -0.4 is 0 Å². The van der Waals surface area contributed by atoms with Crippen LogP contribution in [0.5, 0.6) is 0 Å². The van der Waals surface area contributed by atoms with E-state index in [2.05, 4.69) is 0 Å². The van der Waals surface area contributed by atoms with Crippen molar-refractivity contribution in [3.8, 4) is 0 Å². The first-order valence-electron chi connectivity index (χ1n) is 7.06. The molecule has 2 atom stereocenters. The smallest absolute Gasteiger partial charge is 0.410 e. The molecule has 1 heterocycles. The lowest BCUT2D eigenvalue weighted by Crippen LogP contribution is -2.54. The Morgan fingerprint density at radius 1 is 1.27 bits per heavy atom. The minimum atomic E-state index is -4.49. The number of piperidine rings is 1. The van der Waals surface area contributed by atoms with Gasteiger partial charge in [0.1, 0.15) is 12.6 Å². The minimum absolute atomic E-state index is 0.0788. The summed E-state index contributed by atoms with van der Waals surface area (Å²) in [6, 6.07) is 6.90. The zero-order valence-electron chi connectivity index (χ0n) is 11.9. The molecule has 2 rings (SSSR count). The third-order valence-electron chi connectivity index (χ3n) is 3.76. The Bertz CT molecular complexity index is 493. The van der Waals surface area contributed by atoms with Gasteiger partial charge in [-0.3, -0.25) is 4.90 Å². The Morgan fingerprint density at radius 3 is 2.55 bits per heavy atom. The molecule has 0 bridgehead atoms. The maximum absolute atomic E-state index is 13.0. The van der Waals surface area contributed by atoms with Crippen LogP contribution in [0.4, 0.5) is 18.0 Å². The standard InChI is InChI=1S/C15H18F3NO3/c16-15(17,18)13-7-6-12(9-20)8-19(13)14(21)22-10-11-4-2-1-3-5-11/h1-5,12-13,20H,6-10H2/t12-,13-/m0/s1. The van der Waals surface area contributed by atoms with Crippen LogP contribution in [0.2, 0.25) is 0 Å². The molecule has 0 spiro atoms. The highest BCUT2D eigenvalue weighted by Crippen LogP contribution is 2.34. The third kappa shape index (κ3) is 4.13. The summed E-state index contributed by atoms with van der Waals surface area (Å²) in [5.41, 5.74) is 0.704. The molecule has 0 saturated carbocycles. The largest absolute Gasteiger partial charge is 0.445 e. The molecule has 1 aromatic carbocycles. The van der Waals surface area contributed by atoms with Gasteiger partial charge in [-0.05, 0) is 24.3 Å². The molecule has 0 aromatic heterocycles. The summed E-state index contributed by atoms with van der Waals surface area (Å²) in [6.45, 7) is -0.466. The second-order valence-electron chi connectivity index (χ2n) is 5.38. The Hall–Kier alpha value is -1.76. The first-order valence-corrected chi connectivity index (χ1v) is 7.06. The summed E-state index contributed by atoms with van der Waals surface area (Å²) in [5, 5.41) is 9.13. The van der Waals surface area contributed by atoms with E-state index < -0.39 is 18.3 Å². The lowest BCUT2D eigenvalue weighted by molar-refractivity contribution is -0.190. The Labute approximate surface area is 126 Å². The molecule has 0 radical (unpaired) electrons. The van der Waals surface area contributed by atoms with Crippen molar-refractivity contribution in [1.82, 2.24) is 4.90 Å². The van der Waals surface area contributed by atoms with E-state index in [9.17, 15) is 18.0 Å². The molecule has 122 valence electrons. The van der Waals surface area contributed by atoms with Crippen LogP contribution in [-0.4, -0.2) is 41.5 Å². The number of alkyl halides is 3. The topological polar surface area (TPSA) is 49.8 Å². The van der Waals surface area contributed by atoms with E-state index in [1.807, 2.05) is 0 Å². The summed E-state index contributed by atoms with van der Waals surface area (Å²) in [4.78, 5) is 12.7. The summed E-state index contributed by atoms with van der Waals surface area (Å²) in [6.07, 6.45) is -5.46. The van der Waals surface area contributed by atoms with E-state index in [1.54, 1.807) is 30.3 Å². The molecule has 1 fully saturated rings. The number of carbonyl (C=O) groups excluding carboxylic acids is 1. The van der Waals surface area contributed by atoms with Crippen molar-refractivity contribution < 1.29 is 27.8 Å². The molecule has 22 heavy (non-hydrogen) atoms. The molecule has 7 heteroatoms. The van der Waals surface area contributed by atoms with Crippen LogP contribution in [0.1, 0.15) is 18.4 Å². The van der Waals surface area contributed by atoms with Crippen LogP contribution in [0, 0.1) is 5.92 Å². The van der Waals surface area contributed by atoms with Crippen molar-refractivity contribution >= 4 is 6.09 Å². The SMILES string of the molecule is O=C(OCc1ccccc1)N1C[C@@H](CO)CC[C@H]1C(F)(F)F. The highest BCUT2D eigenvalue weighted by molar-refractivity contribution is 5.68. The van der Waals surface area contributed by atoms with Crippen molar-refractivity contribution in [2.45, 2.75) is 31.7 Å². The van der Waals surface area contributed by atoms with E-state index in [0.717, 1.165) is 0 Å². The number of rotatable bonds is 3. The van der Waals surface area contributed by atoms with E-state index in [-0.39, 0.29) is 38.5 Å². The quantitative estimate of drug-likeness (QED) is 0.932. The molecule has 1 aromatic rings. The summed E-state index contributed by atoms with van der Waals surface area (Å²) >= 11 is 0. The van der Waals surface area contributed by atoms with Gasteiger partial charge in [0.25, 0.3) is 0 Å². The number of carbonyl (C=O) groups is 1. The van der Waals surface area contributed by atoms with Crippen LogP contribution in [-0.2, 0) is 11.3 Å². The normalized spacial score (nSPS) is 22.5. The van der Waals surface area contributed by atoms with Gasteiger partial charge in [-0.2, -0.15) is 13.2 Å². The third-order valence-corrected chi connectivity index (χ3v) is 3.76. The van der Waals surface area contributed by atoms with Crippen molar-refractivity contribution in [3.05, 3.63) is 35.9 Å². The zero-order chi connectivity index (χ0) is 16.2. The number of likely N-dealkylation sites (tertiary alicyclic amines) is 1. The highest BCUT2D eigenvalue weighted by atomic mass is 19.4. The predicted octanol–water partition coefficient (Wildman–Crippen LogP) is 2.96. The van der Waals surface area contributed by atoms with Crippen molar-refractivity contribution in [2.24, 2.45) is 5.92 Å². The van der Waals surface area contributed by atoms with E-state index in [1.165, 1.54) is 0 Å². The van der Waals surface area contributed by atoms with Crippen LogP contribution in [0.15, 0.2) is 30.3 Å². The number of hydrogen-bond acceptors (Lipinski definition) is 3. The van der Waals surface area contributed by atoms with Gasteiger partial charge in [-0.1, -0.05) is 30.3 Å². The molecule has 1 aliphatic heterocycles. The monoisotopic (exact) mass is 317 g/mol. The van der Waals surface area contributed by atoms with Gasteiger partial charge in [0.15, 0.2) is 0 Å². The number of benzene rings is 1. The molecular weight excluding hydrogens is 299 g/mol. The van der Waals surface area contributed by atoms with Gasteiger partial charge in [-0.15, -0.1) is 0 Å². The van der Waals surface area contributed by atoms with E-state index >= 15 is 0 Å².